The lowest BCUT2D eigenvalue weighted by Crippen LogP contribution is -2.47. The summed E-state index contributed by atoms with van der Waals surface area (Å²) < 4.78 is 48.7. The number of nitrogens with zero attached hydrogens (tertiary/aromatic N) is 3. The van der Waals surface area contributed by atoms with Gasteiger partial charge in [-0.3, -0.25) is 9.89 Å². The number of rotatable bonds is 5. The number of hydrogen-bond acceptors (Lipinski definition) is 4. The van der Waals surface area contributed by atoms with E-state index in [-0.39, 0.29) is 0 Å². The first-order valence-electron chi connectivity index (χ1n) is 9.55. The van der Waals surface area contributed by atoms with Gasteiger partial charge in [0.05, 0.1) is 25.3 Å². The Morgan fingerprint density at radius 3 is 2.57 bits per heavy atom. The number of ether oxygens (including phenoxy) is 2. The fraction of sp³-hybridized carbons (Fsp3) is 0.632. The van der Waals surface area contributed by atoms with Gasteiger partial charge in [0.15, 0.2) is 5.96 Å². The zero-order valence-electron chi connectivity index (χ0n) is 16.0. The number of halogens is 3. The summed E-state index contributed by atoms with van der Waals surface area (Å²) in [7, 11) is 1.75. The quantitative estimate of drug-likeness (QED) is 0.466. The fourth-order valence-corrected chi connectivity index (χ4v) is 3.58. The summed E-state index contributed by atoms with van der Waals surface area (Å²) in [6.45, 7) is 6.28. The SMILES string of the molecule is CN=C(NCCOc1ccc(C(F)(F)F)cc1)N1CCC(N2CCOCC2)C1. The van der Waals surface area contributed by atoms with Gasteiger partial charge in [0.1, 0.15) is 12.4 Å². The van der Waals surface area contributed by atoms with Gasteiger partial charge in [-0.05, 0) is 30.7 Å². The molecule has 2 fully saturated rings. The molecule has 2 aliphatic heterocycles. The van der Waals surface area contributed by atoms with E-state index in [1.54, 1.807) is 7.05 Å². The van der Waals surface area contributed by atoms with E-state index in [4.69, 9.17) is 9.47 Å². The normalized spacial score (nSPS) is 21.8. The molecule has 0 aromatic heterocycles. The average Bonchev–Trinajstić information content (AvgIpc) is 3.18. The van der Waals surface area contributed by atoms with E-state index in [0.29, 0.717) is 24.9 Å². The Labute approximate surface area is 163 Å². The van der Waals surface area contributed by atoms with Gasteiger partial charge in [-0.2, -0.15) is 13.2 Å². The molecule has 1 unspecified atom stereocenters. The maximum Gasteiger partial charge on any atom is 0.416 e. The van der Waals surface area contributed by atoms with Gasteiger partial charge in [0, 0.05) is 39.3 Å². The third kappa shape index (κ3) is 5.51. The molecule has 1 aromatic carbocycles. The summed E-state index contributed by atoms with van der Waals surface area (Å²) in [4.78, 5) is 9.05. The Kier molecular flexibility index (Phi) is 7.01. The highest BCUT2D eigenvalue weighted by atomic mass is 19.4. The molecule has 2 aliphatic rings. The summed E-state index contributed by atoms with van der Waals surface area (Å²) in [5.74, 6) is 1.24. The molecule has 0 aliphatic carbocycles. The first-order chi connectivity index (χ1) is 13.5. The number of benzene rings is 1. The molecule has 156 valence electrons. The minimum atomic E-state index is -4.33. The van der Waals surface area contributed by atoms with Crippen LogP contribution in [0, 0.1) is 0 Å². The topological polar surface area (TPSA) is 49.3 Å². The first-order valence-corrected chi connectivity index (χ1v) is 9.55. The summed E-state index contributed by atoms with van der Waals surface area (Å²) in [6, 6.07) is 5.25. The van der Waals surface area contributed by atoms with Crippen molar-refractivity contribution >= 4 is 5.96 Å². The minimum absolute atomic E-state index is 0.338. The van der Waals surface area contributed by atoms with Crippen LogP contribution in [0.3, 0.4) is 0 Å². The number of guanidine groups is 1. The second-order valence-electron chi connectivity index (χ2n) is 6.88. The second kappa shape index (κ2) is 9.47. The van der Waals surface area contributed by atoms with E-state index < -0.39 is 11.7 Å². The van der Waals surface area contributed by atoms with Crippen LogP contribution in [0.1, 0.15) is 12.0 Å². The lowest BCUT2D eigenvalue weighted by Gasteiger charge is -2.32. The van der Waals surface area contributed by atoms with Crippen molar-refractivity contribution in [2.45, 2.75) is 18.6 Å². The Morgan fingerprint density at radius 2 is 1.93 bits per heavy atom. The van der Waals surface area contributed by atoms with Gasteiger partial charge in [0.25, 0.3) is 0 Å². The van der Waals surface area contributed by atoms with Gasteiger partial charge in [-0.25, -0.2) is 0 Å². The third-order valence-electron chi connectivity index (χ3n) is 5.07. The van der Waals surface area contributed by atoms with E-state index in [1.807, 2.05) is 0 Å². The molecular formula is C19H27F3N4O2. The van der Waals surface area contributed by atoms with Crippen molar-refractivity contribution in [3.63, 3.8) is 0 Å². The standard InChI is InChI=1S/C19H27F3N4O2/c1-23-18(26-8-6-16(14-26)25-9-12-27-13-10-25)24-7-11-28-17-4-2-15(3-5-17)19(20,21)22/h2-5,16H,6-14H2,1H3,(H,23,24). The molecule has 1 aromatic rings. The number of morpholine rings is 1. The lowest BCUT2D eigenvalue weighted by atomic mass is 10.2. The highest BCUT2D eigenvalue weighted by molar-refractivity contribution is 5.80. The van der Waals surface area contributed by atoms with Crippen molar-refractivity contribution in [3.8, 4) is 5.75 Å². The molecule has 0 bridgehead atoms. The van der Waals surface area contributed by atoms with Crippen LogP contribution in [0.5, 0.6) is 5.75 Å². The predicted octanol–water partition coefficient (Wildman–Crippen LogP) is 2.07. The van der Waals surface area contributed by atoms with E-state index in [0.717, 1.165) is 63.9 Å². The highest BCUT2D eigenvalue weighted by Crippen LogP contribution is 2.30. The molecular weight excluding hydrogens is 373 g/mol. The third-order valence-corrected chi connectivity index (χ3v) is 5.07. The molecule has 0 saturated carbocycles. The van der Waals surface area contributed by atoms with Crippen LogP contribution in [-0.4, -0.2) is 81.4 Å². The maximum absolute atomic E-state index is 12.6. The molecule has 28 heavy (non-hydrogen) atoms. The summed E-state index contributed by atoms with van der Waals surface area (Å²) in [5, 5.41) is 3.27. The van der Waals surface area contributed by atoms with Crippen LogP contribution in [-0.2, 0) is 10.9 Å². The van der Waals surface area contributed by atoms with Crippen molar-refractivity contribution < 1.29 is 22.6 Å². The molecule has 0 radical (unpaired) electrons. The smallest absolute Gasteiger partial charge is 0.416 e. The Morgan fingerprint density at radius 1 is 1.21 bits per heavy atom. The van der Waals surface area contributed by atoms with Crippen LogP contribution in [0.4, 0.5) is 13.2 Å². The van der Waals surface area contributed by atoms with Gasteiger partial charge in [-0.1, -0.05) is 0 Å². The van der Waals surface area contributed by atoms with Crippen LogP contribution in [0.15, 0.2) is 29.3 Å². The van der Waals surface area contributed by atoms with E-state index >= 15 is 0 Å². The summed E-state index contributed by atoms with van der Waals surface area (Å²) in [6.07, 6.45) is -3.23. The minimum Gasteiger partial charge on any atom is -0.492 e. The summed E-state index contributed by atoms with van der Waals surface area (Å²) >= 11 is 0. The molecule has 1 N–H and O–H groups in total. The van der Waals surface area contributed by atoms with E-state index in [1.165, 1.54) is 12.1 Å². The number of likely N-dealkylation sites (tertiary alicyclic amines) is 1. The molecule has 6 nitrogen and oxygen atoms in total. The van der Waals surface area contributed by atoms with Crippen molar-refractivity contribution in [1.29, 1.82) is 0 Å². The Bertz CT molecular complexity index is 646. The van der Waals surface area contributed by atoms with Gasteiger partial charge >= 0.3 is 6.18 Å². The fourth-order valence-electron chi connectivity index (χ4n) is 3.58. The summed E-state index contributed by atoms with van der Waals surface area (Å²) in [5.41, 5.74) is -0.678. The van der Waals surface area contributed by atoms with Gasteiger partial charge < -0.3 is 19.7 Å². The molecule has 0 amide bonds. The van der Waals surface area contributed by atoms with Crippen LogP contribution >= 0.6 is 0 Å². The largest absolute Gasteiger partial charge is 0.492 e. The zero-order chi connectivity index (χ0) is 20.0. The predicted molar refractivity (Wildman–Crippen MR) is 101 cm³/mol. The van der Waals surface area contributed by atoms with Crippen molar-refractivity contribution in [2.75, 3.05) is 59.6 Å². The Hall–Kier alpha value is -2.00. The molecule has 3 rings (SSSR count). The number of aliphatic imine (C=N–C) groups is 1. The lowest BCUT2D eigenvalue weighted by molar-refractivity contribution is -0.137. The Balaban J connectivity index is 1.40. The van der Waals surface area contributed by atoms with Crippen molar-refractivity contribution in [3.05, 3.63) is 29.8 Å². The van der Waals surface area contributed by atoms with Crippen LogP contribution in [0.2, 0.25) is 0 Å². The maximum atomic E-state index is 12.6. The highest BCUT2D eigenvalue weighted by Gasteiger charge is 2.31. The number of nitrogens with one attached hydrogen (secondary N) is 1. The second-order valence-corrected chi connectivity index (χ2v) is 6.88. The molecule has 1 atom stereocenters. The monoisotopic (exact) mass is 400 g/mol. The number of hydrogen-bond donors (Lipinski definition) is 1. The van der Waals surface area contributed by atoms with Gasteiger partial charge in [0.2, 0.25) is 0 Å². The van der Waals surface area contributed by atoms with E-state index in [2.05, 4.69) is 20.1 Å². The average molecular weight is 400 g/mol. The molecule has 9 heteroatoms. The first kappa shape index (κ1) is 20.7. The molecule has 0 spiro atoms. The zero-order valence-corrected chi connectivity index (χ0v) is 16.0. The van der Waals surface area contributed by atoms with Gasteiger partial charge in [-0.15, -0.1) is 0 Å². The van der Waals surface area contributed by atoms with Crippen LogP contribution < -0.4 is 10.1 Å². The molecule has 2 heterocycles. The molecule has 2 saturated heterocycles. The van der Waals surface area contributed by atoms with Crippen molar-refractivity contribution in [1.82, 2.24) is 15.1 Å². The van der Waals surface area contributed by atoms with E-state index in [9.17, 15) is 13.2 Å². The number of alkyl halides is 3. The van der Waals surface area contributed by atoms with Crippen LogP contribution in [0.25, 0.3) is 0 Å². The van der Waals surface area contributed by atoms with Crippen molar-refractivity contribution in [2.24, 2.45) is 4.99 Å².